The van der Waals surface area contributed by atoms with E-state index in [0.29, 0.717) is 10.6 Å². The molecule has 0 bridgehead atoms. The zero-order valence-electron chi connectivity index (χ0n) is 5.96. The normalized spacial score (nSPS) is 9.67. The SMILES string of the molecule is NC(=O)Cc1nc(=S)[nH]c(=S)[nH]1. The average Bonchev–Trinajstić information content (AvgIpc) is 1.81. The molecule has 0 fully saturated rings. The van der Waals surface area contributed by atoms with Crippen molar-refractivity contribution in [3.8, 4) is 0 Å². The lowest BCUT2D eigenvalue weighted by Gasteiger charge is -1.95. The minimum absolute atomic E-state index is 0.0158. The highest BCUT2D eigenvalue weighted by Gasteiger charge is 1.99. The molecule has 1 amide bonds. The Morgan fingerprint density at radius 2 is 2.17 bits per heavy atom. The number of nitrogens with two attached hydrogens (primary N) is 1. The average molecular weight is 202 g/mol. The molecule has 1 aromatic rings. The topological polar surface area (TPSA) is 87.6 Å². The standard InChI is InChI=1S/C5H6N4OS2/c6-2(10)1-3-7-4(11)9-5(12)8-3/h1H2,(H2,6,10)(H2,7,8,9,11,12). The maximum Gasteiger partial charge on any atom is 0.225 e. The smallest absolute Gasteiger partial charge is 0.225 e. The summed E-state index contributed by atoms with van der Waals surface area (Å²) in [6, 6.07) is 0. The maximum atomic E-state index is 10.5. The van der Waals surface area contributed by atoms with Crippen LogP contribution in [-0.2, 0) is 11.2 Å². The van der Waals surface area contributed by atoms with E-state index in [-0.39, 0.29) is 11.2 Å². The first-order valence-corrected chi connectivity index (χ1v) is 3.87. The van der Waals surface area contributed by atoms with Gasteiger partial charge in [0, 0.05) is 0 Å². The molecule has 0 radical (unpaired) electrons. The Bertz CT molecular complexity index is 378. The predicted octanol–water partition coefficient (Wildman–Crippen LogP) is 0.225. The van der Waals surface area contributed by atoms with Gasteiger partial charge in [0.2, 0.25) is 10.7 Å². The Morgan fingerprint density at radius 1 is 1.50 bits per heavy atom. The fraction of sp³-hybridized carbons (Fsp3) is 0.200. The van der Waals surface area contributed by atoms with E-state index in [0.717, 1.165) is 0 Å². The van der Waals surface area contributed by atoms with Crippen LogP contribution < -0.4 is 5.73 Å². The van der Waals surface area contributed by atoms with Crippen LogP contribution in [0.4, 0.5) is 0 Å². The number of hydrogen-bond donors (Lipinski definition) is 3. The third-order valence-electron chi connectivity index (χ3n) is 1.06. The van der Waals surface area contributed by atoms with Crippen molar-refractivity contribution in [2.24, 2.45) is 5.73 Å². The van der Waals surface area contributed by atoms with E-state index in [4.69, 9.17) is 30.2 Å². The summed E-state index contributed by atoms with van der Waals surface area (Å²) in [7, 11) is 0. The molecular weight excluding hydrogens is 196 g/mol. The van der Waals surface area contributed by atoms with E-state index < -0.39 is 5.91 Å². The van der Waals surface area contributed by atoms with Gasteiger partial charge in [-0.3, -0.25) is 4.79 Å². The van der Waals surface area contributed by atoms with Gasteiger partial charge in [-0.05, 0) is 24.4 Å². The van der Waals surface area contributed by atoms with Crippen molar-refractivity contribution in [3.05, 3.63) is 15.4 Å². The summed E-state index contributed by atoms with van der Waals surface area (Å²) in [5.41, 5.74) is 4.95. The zero-order valence-corrected chi connectivity index (χ0v) is 7.59. The number of nitrogens with zero attached hydrogens (tertiary/aromatic N) is 1. The Kier molecular flexibility index (Phi) is 2.66. The summed E-state index contributed by atoms with van der Waals surface area (Å²) in [6.45, 7) is 0. The first-order chi connectivity index (χ1) is 5.58. The summed E-state index contributed by atoms with van der Waals surface area (Å²) in [5.74, 6) is -0.0926. The highest BCUT2D eigenvalue weighted by atomic mass is 32.1. The molecule has 0 spiro atoms. The molecule has 0 unspecified atom stereocenters. The van der Waals surface area contributed by atoms with E-state index in [1.807, 2.05) is 0 Å². The van der Waals surface area contributed by atoms with E-state index in [1.165, 1.54) is 0 Å². The van der Waals surface area contributed by atoms with Gasteiger partial charge in [-0.15, -0.1) is 0 Å². The van der Waals surface area contributed by atoms with Crippen molar-refractivity contribution < 1.29 is 4.79 Å². The van der Waals surface area contributed by atoms with E-state index in [2.05, 4.69) is 15.0 Å². The van der Waals surface area contributed by atoms with Crippen LogP contribution in [0, 0.1) is 9.54 Å². The number of H-pyrrole nitrogens is 2. The van der Waals surface area contributed by atoms with Crippen LogP contribution in [0.25, 0.3) is 0 Å². The van der Waals surface area contributed by atoms with Gasteiger partial charge < -0.3 is 15.7 Å². The minimum Gasteiger partial charge on any atom is -0.369 e. The molecule has 0 aliphatic heterocycles. The van der Waals surface area contributed by atoms with Gasteiger partial charge in [0.25, 0.3) is 0 Å². The predicted molar refractivity (Wildman–Crippen MR) is 47.5 cm³/mol. The quantitative estimate of drug-likeness (QED) is 0.599. The lowest BCUT2D eigenvalue weighted by molar-refractivity contribution is -0.117. The van der Waals surface area contributed by atoms with Gasteiger partial charge in [-0.1, -0.05) is 0 Å². The van der Waals surface area contributed by atoms with Crippen LogP contribution in [0.1, 0.15) is 5.82 Å². The lowest BCUT2D eigenvalue weighted by Crippen LogP contribution is -2.16. The molecule has 5 nitrogen and oxygen atoms in total. The van der Waals surface area contributed by atoms with Gasteiger partial charge in [-0.2, -0.15) is 0 Å². The number of carbonyl (C=O) groups is 1. The Morgan fingerprint density at radius 3 is 2.67 bits per heavy atom. The van der Waals surface area contributed by atoms with Crippen molar-refractivity contribution in [2.45, 2.75) is 6.42 Å². The van der Waals surface area contributed by atoms with Crippen molar-refractivity contribution in [2.75, 3.05) is 0 Å². The summed E-state index contributed by atoms with van der Waals surface area (Å²) in [5, 5.41) is 0. The molecule has 7 heteroatoms. The van der Waals surface area contributed by atoms with Crippen LogP contribution >= 0.6 is 24.4 Å². The molecule has 0 atom stereocenters. The van der Waals surface area contributed by atoms with Crippen molar-refractivity contribution in [1.82, 2.24) is 15.0 Å². The van der Waals surface area contributed by atoms with Gasteiger partial charge >= 0.3 is 0 Å². The second kappa shape index (κ2) is 3.55. The van der Waals surface area contributed by atoms with Crippen LogP contribution in [0.5, 0.6) is 0 Å². The molecule has 1 aromatic heterocycles. The molecule has 4 N–H and O–H groups in total. The molecule has 64 valence electrons. The zero-order chi connectivity index (χ0) is 9.14. The molecular formula is C5H6N4OS2. The van der Waals surface area contributed by atoms with Crippen LogP contribution in [0.3, 0.4) is 0 Å². The highest BCUT2D eigenvalue weighted by molar-refractivity contribution is 7.71. The fourth-order valence-corrected chi connectivity index (χ4v) is 1.18. The van der Waals surface area contributed by atoms with E-state index in [1.54, 1.807) is 0 Å². The molecule has 1 heterocycles. The number of aromatic amines is 2. The summed E-state index contributed by atoms with van der Waals surface area (Å²) in [6.07, 6.45) is 0.0158. The summed E-state index contributed by atoms with van der Waals surface area (Å²) >= 11 is 9.50. The molecule has 12 heavy (non-hydrogen) atoms. The molecule has 0 aromatic carbocycles. The summed E-state index contributed by atoms with van der Waals surface area (Å²) in [4.78, 5) is 19.5. The van der Waals surface area contributed by atoms with Crippen molar-refractivity contribution in [1.29, 1.82) is 0 Å². The van der Waals surface area contributed by atoms with Crippen molar-refractivity contribution in [3.63, 3.8) is 0 Å². The van der Waals surface area contributed by atoms with Crippen LogP contribution in [-0.4, -0.2) is 20.9 Å². The Hall–Kier alpha value is -1.08. The second-order valence-electron chi connectivity index (χ2n) is 2.09. The minimum atomic E-state index is -0.478. The highest BCUT2D eigenvalue weighted by Crippen LogP contribution is 1.89. The fourth-order valence-electron chi connectivity index (χ4n) is 0.687. The third-order valence-corrected chi connectivity index (χ3v) is 1.45. The maximum absolute atomic E-state index is 10.5. The van der Waals surface area contributed by atoms with Gasteiger partial charge in [-0.25, -0.2) is 4.98 Å². The number of amides is 1. The number of hydrogen-bond acceptors (Lipinski definition) is 4. The number of aromatic nitrogens is 3. The third kappa shape index (κ3) is 2.51. The second-order valence-corrected chi connectivity index (χ2v) is 2.88. The number of nitrogens with one attached hydrogen (secondary N) is 2. The molecule has 0 aliphatic rings. The van der Waals surface area contributed by atoms with E-state index in [9.17, 15) is 4.79 Å². The van der Waals surface area contributed by atoms with Gasteiger partial charge in [0.05, 0.1) is 6.42 Å². The Balaban J connectivity index is 3.09. The van der Waals surface area contributed by atoms with Gasteiger partial charge in [0.15, 0.2) is 4.77 Å². The first kappa shape index (κ1) is 9.01. The lowest BCUT2D eigenvalue weighted by atomic mass is 10.4. The summed E-state index contributed by atoms with van der Waals surface area (Å²) < 4.78 is 0.584. The van der Waals surface area contributed by atoms with Crippen molar-refractivity contribution >= 4 is 30.3 Å². The first-order valence-electron chi connectivity index (χ1n) is 3.06. The molecule has 1 rings (SSSR count). The van der Waals surface area contributed by atoms with Crippen LogP contribution in [0.2, 0.25) is 0 Å². The number of rotatable bonds is 2. The van der Waals surface area contributed by atoms with Gasteiger partial charge in [0.1, 0.15) is 5.82 Å². The van der Waals surface area contributed by atoms with E-state index >= 15 is 0 Å². The molecule has 0 saturated heterocycles. The monoisotopic (exact) mass is 202 g/mol. The number of carbonyl (C=O) groups excluding carboxylic acids is 1. The Labute approximate surface area is 78.0 Å². The van der Waals surface area contributed by atoms with Crippen LogP contribution in [0.15, 0.2) is 0 Å². The molecule has 0 aliphatic carbocycles. The number of primary amides is 1. The largest absolute Gasteiger partial charge is 0.369 e. The molecule has 0 saturated carbocycles.